The number of esters is 1. The molecule has 12 nitrogen and oxygen atoms in total. The van der Waals surface area contributed by atoms with Gasteiger partial charge in [0.1, 0.15) is 18.3 Å². The van der Waals surface area contributed by atoms with Crippen LogP contribution in [0.25, 0.3) is 14.5 Å². The summed E-state index contributed by atoms with van der Waals surface area (Å²) in [6.45, 7) is 22.7. The molecule has 3 atom stereocenters. The van der Waals surface area contributed by atoms with E-state index >= 15 is 0 Å². The number of nitriles is 1. The Morgan fingerprint density at radius 2 is 1.35 bits per heavy atom. The molecular formula is C19H31N4O8+. The molecule has 0 saturated heterocycles. The zero-order chi connectivity index (χ0) is 25.1. The summed E-state index contributed by atoms with van der Waals surface area (Å²) in [7, 11) is 0. The fourth-order valence-corrected chi connectivity index (χ4v) is 1.23. The van der Waals surface area contributed by atoms with Gasteiger partial charge in [-0.1, -0.05) is 0 Å². The maximum Gasteiger partial charge on any atom is 1.00 e. The molecule has 0 rings (SSSR count). The van der Waals surface area contributed by atoms with Crippen LogP contribution in [0.1, 0.15) is 34.5 Å². The lowest BCUT2D eigenvalue weighted by Gasteiger charge is -2.02. The van der Waals surface area contributed by atoms with Gasteiger partial charge < -0.3 is 44.8 Å². The van der Waals surface area contributed by atoms with Crippen molar-refractivity contribution in [2.24, 2.45) is 0 Å². The molecule has 12 heteroatoms. The van der Waals surface area contributed by atoms with E-state index in [4.69, 9.17) is 50.5 Å². The zero-order valence-corrected chi connectivity index (χ0v) is 17.6. The zero-order valence-electron chi connectivity index (χ0n) is 18.6. The molecule has 0 aromatic carbocycles. The van der Waals surface area contributed by atoms with Crippen LogP contribution < -0.4 is 0 Å². The third kappa shape index (κ3) is 42.0. The molecule has 0 amide bonds. The van der Waals surface area contributed by atoms with Gasteiger partial charge in [-0.15, -0.1) is 0 Å². The molecular weight excluding hydrogens is 412 g/mol. The lowest BCUT2D eigenvalue weighted by molar-refractivity contribution is -0.145. The third-order valence-corrected chi connectivity index (χ3v) is 2.35. The molecule has 0 heterocycles. The molecule has 0 fully saturated rings. The molecule has 0 bridgehead atoms. The standard InChI is InChI=1S/C7H11NO3.C5H6N2O.C5H7NO3.C2H6O/c1-3-11-7(10)4-6(9)5-8-2;1-7-4-5(8)2-3-6;1-6-3-4(7)2-5(8)9;1-2-3/h6,9H,3-5H2,1H3;5,8H,2,4H2;4,7H,2-3H2,(H,8,9);3H,2H2,1H3/p+1/t6-;;4-;/m0.0./s1. The van der Waals surface area contributed by atoms with Crippen LogP contribution in [-0.2, 0) is 14.3 Å². The fraction of sp³-hybridized carbons (Fsp3) is 0.684. The van der Waals surface area contributed by atoms with E-state index in [0.717, 1.165) is 0 Å². The predicted molar refractivity (Wildman–Crippen MR) is 110 cm³/mol. The maximum absolute atomic E-state index is 10.6. The van der Waals surface area contributed by atoms with Crippen molar-refractivity contribution in [1.29, 1.82) is 5.26 Å². The van der Waals surface area contributed by atoms with Crippen molar-refractivity contribution >= 4 is 11.9 Å². The highest BCUT2D eigenvalue weighted by Gasteiger charge is 2.13. The first-order chi connectivity index (χ1) is 14.6. The van der Waals surface area contributed by atoms with E-state index in [-0.39, 0.29) is 46.9 Å². The Kier molecular flexibility index (Phi) is 32.9. The monoisotopic (exact) mass is 443 g/mol. The third-order valence-electron chi connectivity index (χ3n) is 2.35. The number of carboxylic acid groups (broad SMARTS) is 1. The van der Waals surface area contributed by atoms with Gasteiger partial charge in [0.05, 0.1) is 31.9 Å². The smallest absolute Gasteiger partial charge is 0.481 e. The molecule has 174 valence electrons. The van der Waals surface area contributed by atoms with Crippen LogP contribution in [0.5, 0.6) is 0 Å². The first-order valence-corrected chi connectivity index (χ1v) is 8.98. The predicted octanol–water partition coefficient (Wildman–Crippen LogP) is 0.252. The van der Waals surface area contributed by atoms with Gasteiger partial charge >= 0.3 is 13.4 Å². The number of aliphatic carboxylic acids is 1. The van der Waals surface area contributed by atoms with Crippen LogP contribution in [0.2, 0.25) is 0 Å². The van der Waals surface area contributed by atoms with E-state index in [2.05, 4.69) is 19.3 Å². The fourth-order valence-electron chi connectivity index (χ4n) is 1.23. The summed E-state index contributed by atoms with van der Waals surface area (Å²) < 4.78 is 4.56. The lowest BCUT2D eigenvalue weighted by Crippen LogP contribution is -2.17. The Morgan fingerprint density at radius 1 is 0.968 bits per heavy atom. The average Bonchev–Trinajstić information content (AvgIpc) is 2.64. The molecule has 0 aliphatic carbocycles. The number of aliphatic hydroxyl groups excluding tert-OH is 4. The average molecular weight is 443 g/mol. The summed E-state index contributed by atoms with van der Waals surface area (Å²) >= 11 is 0. The molecule has 0 saturated carbocycles. The maximum atomic E-state index is 10.6. The van der Waals surface area contributed by atoms with Crippen molar-refractivity contribution < 1.29 is 41.3 Å². The van der Waals surface area contributed by atoms with Crippen molar-refractivity contribution in [1.82, 2.24) is 0 Å². The highest BCUT2D eigenvalue weighted by Crippen LogP contribution is 1.95. The van der Waals surface area contributed by atoms with Gasteiger partial charge in [0.25, 0.3) is 0 Å². The number of nitrogens with zero attached hydrogens (tertiary/aromatic N) is 4. The molecule has 0 radical (unpaired) electrons. The first kappa shape index (κ1) is 35.2. The van der Waals surface area contributed by atoms with Crippen LogP contribution in [0, 0.1) is 31.0 Å². The number of carboxylic acids is 1. The van der Waals surface area contributed by atoms with Gasteiger partial charge in [0, 0.05) is 6.61 Å². The van der Waals surface area contributed by atoms with Gasteiger partial charge in [-0.25, -0.2) is 19.7 Å². The van der Waals surface area contributed by atoms with Crippen LogP contribution in [0.3, 0.4) is 0 Å². The van der Waals surface area contributed by atoms with Crippen LogP contribution >= 0.6 is 0 Å². The van der Waals surface area contributed by atoms with E-state index in [1.165, 1.54) is 0 Å². The number of hydrogen-bond donors (Lipinski definition) is 5. The lowest BCUT2D eigenvalue weighted by atomic mass is 10.2. The van der Waals surface area contributed by atoms with Gasteiger partial charge in [0.2, 0.25) is 19.6 Å². The molecule has 1 unspecified atom stereocenters. The van der Waals surface area contributed by atoms with Crippen molar-refractivity contribution in [3.05, 3.63) is 34.3 Å². The molecule has 0 aliphatic rings. The molecule has 0 aliphatic heterocycles. The Balaban J connectivity index is -0.000000107. The Hall–Kier alpha value is -3.26. The van der Waals surface area contributed by atoms with Gasteiger partial charge in [-0.05, 0) is 13.8 Å². The van der Waals surface area contributed by atoms with Gasteiger partial charge in [-0.3, -0.25) is 9.59 Å². The number of aliphatic hydroxyl groups is 4. The topological polar surface area (TPSA) is 181 Å². The number of rotatable bonds is 9. The minimum absolute atomic E-state index is 0. The van der Waals surface area contributed by atoms with E-state index in [1.807, 2.05) is 0 Å². The molecule has 0 aromatic rings. The van der Waals surface area contributed by atoms with Gasteiger partial charge in [-0.2, -0.15) is 5.26 Å². The molecule has 5 N–H and O–H groups in total. The summed E-state index contributed by atoms with van der Waals surface area (Å²) in [5.74, 6) is -1.53. The summed E-state index contributed by atoms with van der Waals surface area (Å²) in [6, 6.07) is 1.76. The van der Waals surface area contributed by atoms with Crippen LogP contribution in [0.4, 0.5) is 0 Å². The number of carbonyl (C=O) groups is 2. The van der Waals surface area contributed by atoms with Crippen molar-refractivity contribution in [3.8, 4) is 6.07 Å². The van der Waals surface area contributed by atoms with E-state index < -0.39 is 30.3 Å². The summed E-state index contributed by atoms with van der Waals surface area (Å²) in [5, 5.41) is 49.7. The highest BCUT2D eigenvalue weighted by molar-refractivity contribution is 5.69. The van der Waals surface area contributed by atoms with Crippen LogP contribution in [-0.4, -0.2) is 88.6 Å². The van der Waals surface area contributed by atoms with E-state index in [1.54, 1.807) is 19.9 Å². The number of hydrogen-bond acceptors (Lipinski definition) is 8. The van der Waals surface area contributed by atoms with E-state index in [9.17, 15) is 9.59 Å². The minimum atomic E-state index is -1.08. The van der Waals surface area contributed by atoms with E-state index in [0.29, 0.717) is 6.61 Å². The molecule has 0 aromatic heterocycles. The summed E-state index contributed by atoms with van der Waals surface area (Å²) in [4.78, 5) is 29.1. The SMILES string of the molecule is CCO.[C-]#[N+]CC(O)CC#N.[C-]#[N+]C[C@@H](O)CC(=O)O.[C-]#[N+]C[C@@H](O)CC(=O)OCC.[H+]. The second-order valence-corrected chi connectivity index (χ2v) is 5.27. The molecule has 31 heavy (non-hydrogen) atoms. The number of carbonyl (C=O) groups excluding carboxylic acids is 1. The molecule has 0 spiro atoms. The van der Waals surface area contributed by atoms with Crippen molar-refractivity contribution in [3.63, 3.8) is 0 Å². The highest BCUT2D eigenvalue weighted by atomic mass is 16.5. The Bertz CT molecular complexity index is 607. The summed E-state index contributed by atoms with van der Waals surface area (Å²) in [5.41, 5.74) is 0. The quantitative estimate of drug-likeness (QED) is 0.246. The summed E-state index contributed by atoms with van der Waals surface area (Å²) in [6.07, 6.45) is -3.02. The Labute approximate surface area is 183 Å². The minimum Gasteiger partial charge on any atom is -0.481 e. The number of ether oxygens (including phenoxy) is 1. The largest absolute Gasteiger partial charge is 1.00 e. The van der Waals surface area contributed by atoms with Crippen molar-refractivity contribution in [2.75, 3.05) is 32.8 Å². The van der Waals surface area contributed by atoms with Gasteiger partial charge in [0.15, 0.2) is 0 Å². The normalized spacial score (nSPS) is 11.2. The first-order valence-electron chi connectivity index (χ1n) is 8.98. The van der Waals surface area contributed by atoms with Crippen molar-refractivity contribution in [2.45, 2.75) is 51.4 Å². The second-order valence-electron chi connectivity index (χ2n) is 5.27. The Morgan fingerprint density at radius 3 is 1.68 bits per heavy atom. The second kappa shape index (κ2) is 28.9. The van der Waals surface area contributed by atoms with Crippen LogP contribution in [0.15, 0.2) is 0 Å².